The van der Waals surface area contributed by atoms with E-state index in [0.717, 1.165) is 49.7 Å². The molecule has 9 aromatic rings. The van der Waals surface area contributed by atoms with Crippen molar-refractivity contribution in [1.29, 1.82) is 0 Å². The quantitative estimate of drug-likeness (QED) is 0.211. The molecule has 2 heterocycles. The second kappa shape index (κ2) is 9.22. The minimum atomic E-state index is 0.655. The predicted octanol–water partition coefficient (Wildman–Crippen LogP) is 11.3. The SMILES string of the molecule is c1ccc(-c2ccc(-c3nc(-c4cccc5c4oc4ccc6c(c45)-c4cccc5cccc-6c45)nc4ccccc34)cc2)cc1. The molecule has 0 atom stereocenters. The maximum absolute atomic E-state index is 6.70. The maximum atomic E-state index is 6.70. The number of aromatic nitrogens is 2. The van der Waals surface area contributed by atoms with Gasteiger partial charge in [0.2, 0.25) is 0 Å². The average molecular weight is 573 g/mol. The first-order valence-electron chi connectivity index (χ1n) is 15.3. The summed E-state index contributed by atoms with van der Waals surface area (Å²) >= 11 is 0. The summed E-state index contributed by atoms with van der Waals surface area (Å²) in [5.74, 6) is 0.655. The van der Waals surface area contributed by atoms with Gasteiger partial charge < -0.3 is 4.42 Å². The van der Waals surface area contributed by atoms with Crippen molar-refractivity contribution in [3.05, 3.63) is 146 Å². The predicted molar refractivity (Wildman–Crippen MR) is 185 cm³/mol. The molecule has 208 valence electrons. The molecule has 3 heteroatoms. The lowest BCUT2D eigenvalue weighted by Crippen LogP contribution is -1.95. The van der Waals surface area contributed by atoms with Crippen molar-refractivity contribution in [2.75, 3.05) is 0 Å². The van der Waals surface area contributed by atoms with Crippen LogP contribution < -0.4 is 0 Å². The number of para-hydroxylation sites is 2. The van der Waals surface area contributed by atoms with Gasteiger partial charge in [-0.05, 0) is 62.9 Å². The zero-order valence-electron chi connectivity index (χ0n) is 24.2. The van der Waals surface area contributed by atoms with Gasteiger partial charge in [-0.25, -0.2) is 9.97 Å². The van der Waals surface area contributed by atoms with Crippen molar-refractivity contribution in [2.45, 2.75) is 0 Å². The van der Waals surface area contributed by atoms with Crippen molar-refractivity contribution in [2.24, 2.45) is 0 Å². The Morgan fingerprint density at radius 3 is 1.98 bits per heavy atom. The summed E-state index contributed by atoms with van der Waals surface area (Å²) in [6.07, 6.45) is 0. The van der Waals surface area contributed by atoms with Crippen LogP contribution in [0.1, 0.15) is 0 Å². The highest BCUT2D eigenvalue weighted by atomic mass is 16.3. The van der Waals surface area contributed by atoms with E-state index >= 15 is 0 Å². The Bertz CT molecular complexity index is 2630. The Labute approximate surface area is 259 Å². The number of nitrogens with zero attached hydrogens (tertiary/aromatic N) is 2. The zero-order valence-corrected chi connectivity index (χ0v) is 24.2. The van der Waals surface area contributed by atoms with Gasteiger partial charge in [-0.15, -0.1) is 0 Å². The van der Waals surface area contributed by atoms with Crippen LogP contribution in [0.5, 0.6) is 0 Å². The normalized spacial score (nSPS) is 12.0. The first-order valence-corrected chi connectivity index (χ1v) is 15.3. The molecule has 1 aliphatic carbocycles. The lowest BCUT2D eigenvalue weighted by molar-refractivity contribution is 0.669. The molecule has 0 amide bonds. The molecule has 3 nitrogen and oxygen atoms in total. The van der Waals surface area contributed by atoms with Crippen LogP contribution in [0.3, 0.4) is 0 Å². The fraction of sp³-hybridized carbons (Fsp3) is 0. The molecule has 0 spiro atoms. The summed E-state index contributed by atoms with van der Waals surface area (Å²) in [5.41, 5.74) is 12.9. The first kappa shape index (κ1) is 24.4. The lowest BCUT2D eigenvalue weighted by Gasteiger charge is -2.10. The molecule has 0 radical (unpaired) electrons. The first-order chi connectivity index (χ1) is 22.3. The van der Waals surface area contributed by atoms with Gasteiger partial charge in [0.25, 0.3) is 0 Å². The van der Waals surface area contributed by atoms with Gasteiger partial charge in [-0.3, -0.25) is 0 Å². The van der Waals surface area contributed by atoms with E-state index in [2.05, 4.69) is 127 Å². The summed E-state index contributed by atoms with van der Waals surface area (Å²) in [4.78, 5) is 10.3. The molecule has 0 saturated heterocycles. The number of rotatable bonds is 3. The van der Waals surface area contributed by atoms with Crippen molar-refractivity contribution < 1.29 is 4.42 Å². The third-order valence-electron chi connectivity index (χ3n) is 9.24. The monoisotopic (exact) mass is 572 g/mol. The standard InChI is InChI=1S/C42H24N2O/c1-2-9-25(10-3-1)26-19-21-28(22-20-26)40-31-13-4-5-18-35(31)43-42(44-40)34-17-8-16-33-39-36(45-41(33)34)24-23-30-29-14-6-11-27-12-7-15-32(37(27)29)38(30)39/h1-24H. The second-order valence-electron chi connectivity index (χ2n) is 11.7. The van der Waals surface area contributed by atoms with E-state index in [1.54, 1.807) is 0 Å². The molecule has 45 heavy (non-hydrogen) atoms. The highest BCUT2D eigenvalue weighted by molar-refractivity contribution is 6.26. The third kappa shape index (κ3) is 3.52. The Morgan fingerprint density at radius 2 is 1.11 bits per heavy atom. The lowest BCUT2D eigenvalue weighted by atomic mass is 9.97. The molecule has 0 N–H and O–H groups in total. The van der Waals surface area contributed by atoms with E-state index in [-0.39, 0.29) is 0 Å². The third-order valence-corrected chi connectivity index (χ3v) is 9.24. The van der Waals surface area contributed by atoms with Crippen molar-refractivity contribution >= 4 is 43.6 Å². The number of hydrogen-bond donors (Lipinski definition) is 0. The largest absolute Gasteiger partial charge is 0.455 e. The van der Waals surface area contributed by atoms with Crippen molar-refractivity contribution in [3.63, 3.8) is 0 Å². The Balaban J connectivity index is 1.19. The molecule has 2 aromatic heterocycles. The van der Waals surface area contributed by atoms with Crippen molar-refractivity contribution in [1.82, 2.24) is 9.97 Å². The van der Waals surface area contributed by atoms with Gasteiger partial charge in [-0.1, -0.05) is 121 Å². The minimum Gasteiger partial charge on any atom is -0.455 e. The zero-order chi connectivity index (χ0) is 29.5. The van der Waals surface area contributed by atoms with E-state index in [1.807, 2.05) is 18.2 Å². The summed E-state index contributed by atoms with van der Waals surface area (Å²) in [6, 6.07) is 51.2. The molecule has 1 aliphatic rings. The molecule has 0 saturated carbocycles. The molecule has 0 fully saturated rings. The Hall–Kier alpha value is -6.06. The number of benzene rings is 7. The molecular formula is C42H24N2O. The minimum absolute atomic E-state index is 0.655. The van der Waals surface area contributed by atoms with E-state index in [1.165, 1.54) is 44.2 Å². The van der Waals surface area contributed by atoms with Crippen LogP contribution in [0.15, 0.2) is 150 Å². The summed E-state index contributed by atoms with van der Waals surface area (Å²) in [6.45, 7) is 0. The smallest absolute Gasteiger partial charge is 0.164 e. The van der Waals surface area contributed by atoms with E-state index in [9.17, 15) is 0 Å². The van der Waals surface area contributed by atoms with Crippen LogP contribution in [0.2, 0.25) is 0 Å². The number of hydrogen-bond acceptors (Lipinski definition) is 3. The van der Waals surface area contributed by atoms with Gasteiger partial charge in [0.1, 0.15) is 11.2 Å². The highest BCUT2D eigenvalue weighted by Crippen LogP contribution is 2.52. The Morgan fingerprint density at radius 1 is 0.422 bits per heavy atom. The fourth-order valence-electron chi connectivity index (χ4n) is 7.21. The van der Waals surface area contributed by atoms with Crippen LogP contribution in [0, 0.1) is 0 Å². The molecule has 0 unspecified atom stereocenters. The summed E-state index contributed by atoms with van der Waals surface area (Å²) < 4.78 is 6.70. The van der Waals surface area contributed by atoms with Crippen LogP contribution in [-0.4, -0.2) is 9.97 Å². The number of furan rings is 1. The number of fused-ring (bicyclic) bond motifs is 8. The highest BCUT2D eigenvalue weighted by Gasteiger charge is 2.26. The van der Waals surface area contributed by atoms with Gasteiger partial charge in [0, 0.05) is 27.3 Å². The van der Waals surface area contributed by atoms with Crippen LogP contribution in [-0.2, 0) is 0 Å². The topological polar surface area (TPSA) is 38.9 Å². The van der Waals surface area contributed by atoms with E-state index in [4.69, 9.17) is 14.4 Å². The average Bonchev–Trinajstić information content (AvgIpc) is 3.65. The fourth-order valence-corrected chi connectivity index (χ4v) is 7.21. The molecular weight excluding hydrogens is 548 g/mol. The van der Waals surface area contributed by atoms with Gasteiger partial charge >= 0.3 is 0 Å². The maximum Gasteiger partial charge on any atom is 0.164 e. The van der Waals surface area contributed by atoms with Crippen LogP contribution in [0.25, 0.3) is 99.6 Å². The molecule has 0 aliphatic heterocycles. The van der Waals surface area contributed by atoms with E-state index in [0.29, 0.717) is 5.82 Å². The summed E-state index contributed by atoms with van der Waals surface area (Å²) in [5, 5.41) is 5.82. The van der Waals surface area contributed by atoms with Gasteiger partial charge in [0.15, 0.2) is 5.82 Å². The van der Waals surface area contributed by atoms with Gasteiger partial charge in [0.05, 0.1) is 16.8 Å². The van der Waals surface area contributed by atoms with Gasteiger partial charge in [-0.2, -0.15) is 0 Å². The Kier molecular flexibility index (Phi) is 5.00. The van der Waals surface area contributed by atoms with E-state index < -0.39 is 0 Å². The molecule has 7 aromatic carbocycles. The molecule has 10 rings (SSSR count). The summed E-state index contributed by atoms with van der Waals surface area (Å²) in [7, 11) is 0. The second-order valence-corrected chi connectivity index (χ2v) is 11.7. The van der Waals surface area contributed by atoms with Crippen LogP contribution >= 0.6 is 0 Å². The van der Waals surface area contributed by atoms with Crippen LogP contribution in [0.4, 0.5) is 0 Å². The van der Waals surface area contributed by atoms with Crippen molar-refractivity contribution in [3.8, 4) is 56.0 Å². The molecule has 0 bridgehead atoms.